The zero-order chi connectivity index (χ0) is 12.8. The first-order chi connectivity index (χ1) is 8.04. The normalized spacial score (nSPS) is 26.2. The number of thiocarbonyl (C=S) groups is 1. The smallest absolute Gasteiger partial charge is 0.223 e. The van der Waals surface area contributed by atoms with Crippen LogP contribution in [-0.2, 0) is 4.79 Å². The van der Waals surface area contributed by atoms with Crippen molar-refractivity contribution in [2.24, 2.45) is 17.6 Å². The third kappa shape index (κ3) is 4.62. The Morgan fingerprint density at radius 3 is 2.47 bits per heavy atom. The van der Waals surface area contributed by atoms with E-state index in [1.807, 2.05) is 0 Å². The summed E-state index contributed by atoms with van der Waals surface area (Å²) in [5.41, 5.74) is 5.64. The van der Waals surface area contributed by atoms with Crippen LogP contribution in [0.4, 0.5) is 0 Å². The van der Waals surface area contributed by atoms with E-state index < -0.39 is 0 Å². The molecular weight excluding hydrogens is 232 g/mol. The van der Waals surface area contributed by atoms with E-state index >= 15 is 0 Å². The van der Waals surface area contributed by atoms with E-state index in [0.29, 0.717) is 4.99 Å². The molecule has 0 saturated heterocycles. The van der Waals surface area contributed by atoms with Crippen molar-refractivity contribution in [3.05, 3.63) is 0 Å². The van der Waals surface area contributed by atoms with Crippen LogP contribution in [-0.4, -0.2) is 16.9 Å². The van der Waals surface area contributed by atoms with Crippen molar-refractivity contribution >= 4 is 23.1 Å². The molecule has 1 aliphatic rings. The molecule has 0 spiro atoms. The highest BCUT2D eigenvalue weighted by molar-refractivity contribution is 7.80. The topological polar surface area (TPSA) is 55.1 Å². The lowest BCUT2D eigenvalue weighted by atomic mass is 9.82. The summed E-state index contributed by atoms with van der Waals surface area (Å²) in [4.78, 5) is 12.5. The number of hydrogen-bond acceptors (Lipinski definition) is 2. The molecule has 0 radical (unpaired) electrons. The van der Waals surface area contributed by atoms with Gasteiger partial charge in [-0.25, -0.2) is 0 Å². The molecule has 3 N–H and O–H groups in total. The number of carbonyl (C=O) groups excluding carboxylic acids is 1. The summed E-state index contributed by atoms with van der Waals surface area (Å²) in [5.74, 6) is 1.07. The van der Waals surface area contributed by atoms with Crippen molar-refractivity contribution in [3.63, 3.8) is 0 Å². The molecule has 4 heteroatoms. The Bertz CT molecular complexity index is 273. The van der Waals surface area contributed by atoms with Gasteiger partial charge in [-0.3, -0.25) is 4.79 Å². The average molecular weight is 256 g/mol. The Morgan fingerprint density at radius 2 is 2.00 bits per heavy atom. The molecule has 98 valence electrons. The minimum Gasteiger partial charge on any atom is -0.392 e. The number of rotatable bonds is 5. The summed E-state index contributed by atoms with van der Waals surface area (Å²) in [7, 11) is 0. The second-order valence-electron chi connectivity index (χ2n) is 5.21. The molecule has 1 saturated carbocycles. The minimum atomic E-state index is -0.123. The van der Waals surface area contributed by atoms with Crippen molar-refractivity contribution in [2.45, 2.75) is 58.4 Å². The van der Waals surface area contributed by atoms with Crippen molar-refractivity contribution < 1.29 is 4.79 Å². The molecule has 3 nitrogen and oxygen atoms in total. The zero-order valence-corrected chi connectivity index (χ0v) is 11.7. The second kappa shape index (κ2) is 6.94. The van der Waals surface area contributed by atoms with E-state index in [2.05, 4.69) is 19.2 Å². The highest BCUT2D eigenvalue weighted by atomic mass is 32.1. The highest BCUT2D eigenvalue weighted by Crippen LogP contribution is 2.28. The maximum atomic E-state index is 12.1. The van der Waals surface area contributed by atoms with Gasteiger partial charge in [0.2, 0.25) is 5.91 Å². The van der Waals surface area contributed by atoms with E-state index in [1.165, 1.54) is 0 Å². The zero-order valence-electron chi connectivity index (χ0n) is 10.9. The minimum absolute atomic E-state index is 0.123. The van der Waals surface area contributed by atoms with E-state index in [-0.39, 0.29) is 17.9 Å². The first-order valence-corrected chi connectivity index (χ1v) is 7.05. The van der Waals surface area contributed by atoms with Gasteiger partial charge in [-0.1, -0.05) is 32.5 Å². The SMILES string of the molecule is CCCC(NC(=O)C1CCC(C)CC1)C(N)=S. The lowest BCUT2D eigenvalue weighted by Crippen LogP contribution is -2.46. The first-order valence-electron chi connectivity index (χ1n) is 6.64. The lowest BCUT2D eigenvalue weighted by molar-refractivity contribution is -0.126. The van der Waals surface area contributed by atoms with Gasteiger partial charge < -0.3 is 11.1 Å². The van der Waals surface area contributed by atoms with Crippen LogP contribution in [0.25, 0.3) is 0 Å². The van der Waals surface area contributed by atoms with Crippen LogP contribution >= 0.6 is 12.2 Å². The van der Waals surface area contributed by atoms with Crippen LogP contribution < -0.4 is 11.1 Å². The summed E-state index contributed by atoms with van der Waals surface area (Å²) in [6, 6.07) is -0.123. The van der Waals surface area contributed by atoms with Crippen LogP contribution in [0.3, 0.4) is 0 Å². The third-order valence-electron chi connectivity index (χ3n) is 3.62. The summed E-state index contributed by atoms with van der Waals surface area (Å²) in [5, 5.41) is 3.00. The van der Waals surface area contributed by atoms with Crippen molar-refractivity contribution in [2.75, 3.05) is 0 Å². The molecule has 0 aliphatic heterocycles. The van der Waals surface area contributed by atoms with Gasteiger partial charge in [0.15, 0.2) is 0 Å². The molecule has 0 aromatic heterocycles. The molecule has 0 aromatic carbocycles. The molecule has 1 fully saturated rings. The van der Waals surface area contributed by atoms with Gasteiger partial charge in [-0.05, 0) is 38.0 Å². The van der Waals surface area contributed by atoms with E-state index in [4.69, 9.17) is 18.0 Å². The molecule has 0 heterocycles. The molecule has 1 unspecified atom stereocenters. The molecule has 17 heavy (non-hydrogen) atoms. The van der Waals surface area contributed by atoms with Crippen LogP contribution in [0, 0.1) is 11.8 Å². The summed E-state index contributed by atoms with van der Waals surface area (Å²) in [6.07, 6.45) is 6.13. The van der Waals surface area contributed by atoms with Crippen molar-refractivity contribution in [1.82, 2.24) is 5.32 Å². The van der Waals surface area contributed by atoms with Crippen LogP contribution in [0.1, 0.15) is 52.4 Å². The van der Waals surface area contributed by atoms with Crippen LogP contribution in [0.15, 0.2) is 0 Å². The quantitative estimate of drug-likeness (QED) is 0.743. The Morgan fingerprint density at radius 1 is 1.41 bits per heavy atom. The molecule has 1 amide bonds. The first kappa shape index (κ1) is 14.4. The third-order valence-corrected chi connectivity index (χ3v) is 3.91. The fourth-order valence-electron chi connectivity index (χ4n) is 2.39. The van der Waals surface area contributed by atoms with Gasteiger partial charge >= 0.3 is 0 Å². The van der Waals surface area contributed by atoms with E-state index in [9.17, 15) is 4.79 Å². The molecule has 1 atom stereocenters. The largest absolute Gasteiger partial charge is 0.392 e. The summed E-state index contributed by atoms with van der Waals surface area (Å²) in [6.45, 7) is 4.32. The second-order valence-corrected chi connectivity index (χ2v) is 5.68. The number of hydrogen-bond donors (Lipinski definition) is 2. The number of carbonyl (C=O) groups is 1. The van der Waals surface area contributed by atoms with Gasteiger partial charge in [0.1, 0.15) is 0 Å². The summed E-state index contributed by atoms with van der Waals surface area (Å²) < 4.78 is 0. The predicted molar refractivity (Wildman–Crippen MR) is 74.7 cm³/mol. The number of nitrogens with two attached hydrogens (primary N) is 1. The Balaban J connectivity index is 2.44. The van der Waals surface area contributed by atoms with Crippen LogP contribution in [0.5, 0.6) is 0 Å². The number of amides is 1. The maximum absolute atomic E-state index is 12.1. The van der Waals surface area contributed by atoms with Crippen LogP contribution in [0.2, 0.25) is 0 Å². The van der Waals surface area contributed by atoms with Gasteiger partial charge in [0, 0.05) is 5.92 Å². The fourth-order valence-corrected chi connectivity index (χ4v) is 2.56. The number of nitrogens with one attached hydrogen (secondary N) is 1. The van der Waals surface area contributed by atoms with Gasteiger partial charge in [-0.2, -0.15) is 0 Å². The van der Waals surface area contributed by atoms with Crippen molar-refractivity contribution in [1.29, 1.82) is 0 Å². The fraction of sp³-hybridized carbons (Fsp3) is 0.846. The Kier molecular flexibility index (Phi) is 5.89. The van der Waals surface area contributed by atoms with Gasteiger partial charge in [0.05, 0.1) is 11.0 Å². The lowest BCUT2D eigenvalue weighted by Gasteiger charge is -2.27. The van der Waals surface area contributed by atoms with Crippen molar-refractivity contribution in [3.8, 4) is 0 Å². The Labute approximate surface area is 110 Å². The molecule has 0 aromatic rings. The average Bonchev–Trinajstić information content (AvgIpc) is 2.29. The standard InChI is InChI=1S/C13H24N2OS/c1-3-4-11(12(14)17)15-13(16)10-7-5-9(2)6-8-10/h9-11H,3-8H2,1-2H3,(H2,14,17)(H,15,16). The van der Waals surface area contributed by atoms with E-state index in [0.717, 1.165) is 44.4 Å². The van der Waals surface area contributed by atoms with E-state index in [1.54, 1.807) is 0 Å². The Hall–Kier alpha value is -0.640. The maximum Gasteiger partial charge on any atom is 0.223 e. The monoisotopic (exact) mass is 256 g/mol. The molecule has 1 aliphatic carbocycles. The summed E-state index contributed by atoms with van der Waals surface area (Å²) >= 11 is 4.98. The van der Waals surface area contributed by atoms with Gasteiger partial charge in [-0.15, -0.1) is 0 Å². The molecular formula is C13H24N2OS. The molecule has 0 bridgehead atoms. The predicted octanol–water partition coefficient (Wildman–Crippen LogP) is 2.38. The molecule has 1 rings (SSSR count). The van der Waals surface area contributed by atoms with Gasteiger partial charge in [0.25, 0.3) is 0 Å². The highest BCUT2D eigenvalue weighted by Gasteiger charge is 2.26.